The summed E-state index contributed by atoms with van der Waals surface area (Å²) in [5.41, 5.74) is 2.55. The van der Waals surface area contributed by atoms with Crippen LogP contribution in [0.3, 0.4) is 0 Å². The van der Waals surface area contributed by atoms with Gasteiger partial charge in [-0.1, -0.05) is 90.6 Å². The van der Waals surface area contributed by atoms with Crippen molar-refractivity contribution in [1.82, 2.24) is 14.9 Å². The second kappa shape index (κ2) is 12.1. The summed E-state index contributed by atoms with van der Waals surface area (Å²) >= 11 is 13.1. The van der Waals surface area contributed by atoms with E-state index >= 15 is 0 Å². The number of sulfonamides is 1. The van der Waals surface area contributed by atoms with Crippen LogP contribution < -0.4 is 10.0 Å². The summed E-state index contributed by atoms with van der Waals surface area (Å²) in [6.07, 6.45) is 3.93. The van der Waals surface area contributed by atoms with Crippen molar-refractivity contribution < 1.29 is 18.0 Å². The number of hydrogen-bond donors (Lipinski definition) is 2. The van der Waals surface area contributed by atoms with Crippen molar-refractivity contribution in [3.8, 4) is 0 Å². The van der Waals surface area contributed by atoms with E-state index in [9.17, 15) is 18.0 Å². The molecule has 41 heavy (non-hydrogen) atoms. The van der Waals surface area contributed by atoms with Crippen molar-refractivity contribution >= 4 is 45.0 Å². The van der Waals surface area contributed by atoms with Crippen LogP contribution in [-0.2, 0) is 14.8 Å². The van der Waals surface area contributed by atoms with Gasteiger partial charge in [-0.15, -0.1) is 0 Å². The molecule has 2 aliphatic rings. The summed E-state index contributed by atoms with van der Waals surface area (Å²) < 4.78 is 27.5. The maximum absolute atomic E-state index is 14.3. The number of rotatable bonds is 7. The zero-order valence-corrected chi connectivity index (χ0v) is 25.2. The molecule has 216 valence electrons. The minimum atomic E-state index is -3.56. The van der Waals surface area contributed by atoms with Crippen LogP contribution in [0.4, 0.5) is 0 Å². The number of halogens is 2. The van der Waals surface area contributed by atoms with E-state index in [0.29, 0.717) is 39.6 Å². The average molecular weight is 615 g/mol. The summed E-state index contributed by atoms with van der Waals surface area (Å²) in [5.74, 6) is -1.33. The Morgan fingerprint density at radius 1 is 0.951 bits per heavy atom. The quantitative estimate of drug-likeness (QED) is 0.341. The summed E-state index contributed by atoms with van der Waals surface area (Å²) in [5, 5.41) is 3.93. The lowest BCUT2D eigenvalue weighted by Crippen LogP contribution is -2.59. The molecular formula is C31H33Cl2N3O4S. The second-order valence-corrected chi connectivity index (χ2v) is 13.5. The van der Waals surface area contributed by atoms with E-state index in [4.69, 9.17) is 23.2 Å². The number of hydrogen-bond acceptors (Lipinski definition) is 4. The largest absolute Gasteiger partial charge is 0.349 e. The highest BCUT2D eigenvalue weighted by Crippen LogP contribution is 2.48. The lowest BCUT2D eigenvalue weighted by atomic mass is 9.76. The van der Waals surface area contributed by atoms with Crippen LogP contribution in [0, 0.1) is 0 Å². The third-order valence-electron chi connectivity index (χ3n) is 8.05. The molecule has 2 amide bonds. The summed E-state index contributed by atoms with van der Waals surface area (Å²) in [7, 11) is -3.56. The molecule has 1 fully saturated rings. The molecule has 2 N–H and O–H groups in total. The Kier molecular flexibility index (Phi) is 8.76. The van der Waals surface area contributed by atoms with Crippen LogP contribution >= 0.6 is 23.2 Å². The molecule has 0 unspecified atom stereocenters. The van der Waals surface area contributed by atoms with E-state index in [1.54, 1.807) is 35.2 Å². The number of nitrogens with zero attached hydrogens (tertiary/aromatic N) is 1. The topological polar surface area (TPSA) is 95.6 Å². The average Bonchev–Trinajstić information content (AvgIpc) is 2.93. The monoisotopic (exact) mass is 613 g/mol. The Hall–Kier alpha value is -2.91. The fourth-order valence-electron chi connectivity index (χ4n) is 6.26. The molecule has 3 aromatic rings. The lowest BCUT2D eigenvalue weighted by Gasteiger charge is -2.49. The zero-order valence-electron chi connectivity index (χ0n) is 22.9. The minimum absolute atomic E-state index is 0.259. The van der Waals surface area contributed by atoms with Crippen LogP contribution in [0.2, 0.25) is 10.0 Å². The van der Waals surface area contributed by atoms with Crippen molar-refractivity contribution in [2.24, 2.45) is 0 Å². The van der Waals surface area contributed by atoms with Gasteiger partial charge in [0.25, 0.3) is 5.91 Å². The third kappa shape index (κ3) is 6.31. The van der Waals surface area contributed by atoms with Gasteiger partial charge in [0.15, 0.2) is 0 Å². The maximum atomic E-state index is 14.3. The Morgan fingerprint density at radius 3 is 2.34 bits per heavy atom. The van der Waals surface area contributed by atoms with Crippen LogP contribution in [0.1, 0.15) is 77.7 Å². The number of nitrogens with one attached hydrogen (secondary N) is 2. The molecule has 0 saturated heterocycles. The predicted octanol–water partition coefficient (Wildman–Crippen LogP) is 6.01. The first-order chi connectivity index (χ1) is 19.5. The van der Waals surface area contributed by atoms with Gasteiger partial charge >= 0.3 is 0 Å². The number of carbonyl (C=O) groups excluding carboxylic acids is 2. The minimum Gasteiger partial charge on any atom is -0.349 e. The standard InChI is InChI=1S/C31H33Cl2N3O4S/c1-19(20-10-4-3-5-11-20)34-30(37)28-22-12-6-7-13-23(22)31(38)36(29(28)24-17-16-21(32)18-25(24)33)27-15-9-8-14-26(27)35-41(2,39)40/h3-7,10-13,16-19,26-29,35H,8-9,14-15H2,1-2H3,(H,34,37)/t19-,26-,27-,28+,29-/m0/s1. The molecule has 0 spiro atoms. The van der Waals surface area contributed by atoms with Gasteiger partial charge in [-0.2, -0.15) is 0 Å². The Labute approximate surface area is 251 Å². The maximum Gasteiger partial charge on any atom is 0.255 e. The van der Waals surface area contributed by atoms with Gasteiger partial charge in [0.2, 0.25) is 15.9 Å². The highest BCUT2D eigenvalue weighted by atomic mass is 35.5. The van der Waals surface area contributed by atoms with Gasteiger partial charge in [-0.3, -0.25) is 9.59 Å². The third-order valence-corrected chi connectivity index (χ3v) is 9.34. The number of carbonyl (C=O) groups is 2. The number of amides is 2. The normalized spacial score (nSPS) is 23.5. The summed E-state index contributed by atoms with van der Waals surface area (Å²) in [6.45, 7) is 1.92. The first-order valence-electron chi connectivity index (χ1n) is 13.7. The van der Waals surface area contributed by atoms with Crippen molar-refractivity contribution in [1.29, 1.82) is 0 Å². The molecule has 7 nitrogen and oxygen atoms in total. The van der Waals surface area contributed by atoms with Crippen molar-refractivity contribution in [3.05, 3.63) is 105 Å². The molecule has 1 heterocycles. The van der Waals surface area contributed by atoms with E-state index in [2.05, 4.69) is 10.0 Å². The molecule has 0 bridgehead atoms. The van der Waals surface area contributed by atoms with Gasteiger partial charge in [0.1, 0.15) is 0 Å². The van der Waals surface area contributed by atoms with Gasteiger partial charge in [-0.05, 0) is 54.7 Å². The second-order valence-electron chi connectivity index (χ2n) is 10.9. The molecule has 1 aliphatic heterocycles. The highest BCUT2D eigenvalue weighted by molar-refractivity contribution is 7.88. The van der Waals surface area contributed by atoms with Crippen LogP contribution in [0.15, 0.2) is 72.8 Å². The number of fused-ring (bicyclic) bond motifs is 1. The van der Waals surface area contributed by atoms with Gasteiger partial charge < -0.3 is 10.2 Å². The van der Waals surface area contributed by atoms with Gasteiger partial charge in [0.05, 0.1) is 24.3 Å². The van der Waals surface area contributed by atoms with Crippen molar-refractivity contribution in [2.45, 2.75) is 62.7 Å². The fraction of sp³-hybridized carbons (Fsp3) is 0.355. The number of benzene rings is 3. The molecule has 1 saturated carbocycles. The van der Waals surface area contributed by atoms with E-state index < -0.39 is 34.1 Å². The molecular weight excluding hydrogens is 581 g/mol. The molecule has 0 radical (unpaired) electrons. The Bertz CT molecular complexity index is 1550. The van der Waals surface area contributed by atoms with Gasteiger partial charge in [-0.25, -0.2) is 13.1 Å². The molecule has 1 aliphatic carbocycles. The van der Waals surface area contributed by atoms with E-state index in [1.807, 2.05) is 49.4 Å². The SMILES string of the molecule is C[C@H](NC(=O)[C@@H]1c2ccccc2C(=O)N([C@H]2CCCC[C@@H]2NS(C)(=O)=O)[C@H]1c1ccc(Cl)cc1Cl)c1ccccc1. The molecule has 10 heteroatoms. The Morgan fingerprint density at radius 2 is 1.63 bits per heavy atom. The molecule has 5 rings (SSSR count). The molecule has 5 atom stereocenters. The van der Waals surface area contributed by atoms with Crippen LogP contribution in [0.5, 0.6) is 0 Å². The highest BCUT2D eigenvalue weighted by Gasteiger charge is 2.49. The van der Waals surface area contributed by atoms with Crippen molar-refractivity contribution in [3.63, 3.8) is 0 Å². The van der Waals surface area contributed by atoms with Crippen molar-refractivity contribution in [2.75, 3.05) is 6.26 Å². The van der Waals surface area contributed by atoms with E-state index in [0.717, 1.165) is 24.7 Å². The fourth-order valence-corrected chi connectivity index (χ4v) is 7.60. The summed E-state index contributed by atoms with van der Waals surface area (Å²) in [4.78, 5) is 30.4. The lowest BCUT2D eigenvalue weighted by molar-refractivity contribution is -0.125. The zero-order chi connectivity index (χ0) is 29.3. The van der Waals surface area contributed by atoms with E-state index in [1.165, 1.54) is 0 Å². The predicted molar refractivity (Wildman–Crippen MR) is 162 cm³/mol. The van der Waals surface area contributed by atoms with Gasteiger partial charge in [0, 0.05) is 27.7 Å². The Balaban J connectivity index is 1.67. The first-order valence-corrected chi connectivity index (χ1v) is 16.4. The smallest absolute Gasteiger partial charge is 0.255 e. The molecule has 0 aromatic heterocycles. The van der Waals surface area contributed by atoms with Crippen LogP contribution in [0.25, 0.3) is 0 Å². The van der Waals surface area contributed by atoms with E-state index in [-0.39, 0.29) is 17.9 Å². The molecule has 3 aromatic carbocycles. The van der Waals surface area contributed by atoms with Crippen LogP contribution in [-0.4, -0.2) is 43.5 Å². The first kappa shape index (κ1) is 29.6. The summed E-state index contributed by atoms with van der Waals surface area (Å²) in [6, 6.07) is 19.8.